The molecule has 4 aromatic rings. The number of aryl methyl sites for hydroxylation is 1. The molecule has 0 unspecified atom stereocenters. The van der Waals surface area contributed by atoms with Gasteiger partial charge in [0.15, 0.2) is 0 Å². The number of carbonyl (C=O) groups is 1. The quantitative estimate of drug-likeness (QED) is 0.318. The number of aromatic nitrogens is 2. The van der Waals surface area contributed by atoms with Crippen LogP contribution in [0.25, 0.3) is 16.7 Å². The summed E-state index contributed by atoms with van der Waals surface area (Å²) >= 11 is 0. The highest BCUT2D eigenvalue weighted by Gasteiger charge is 2.26. The molecule has 7 nitrogen and oxygen atoms in total. The van der Waals surface area contributed by atoms with Crippen LogP contribution in [-0.4, -0.2) is 42.3 Å². The van der Waals surface area contributed by atoms with E-state index in [2.05, 4.69) is 15.6 Å². The lowest BCUT2D eigenvalue weighted by Crippen LogP contribution is -2.19. The zero-order valence-electron chi connectivity index (χ0n) is 19.9. The summed E-state index contributed by atoms with van der Waals surface area (Å²) in [7, 11) is 3.11. The van der Waals surface area contributed by atoms with Gasteiger partial charge in [-0.2, -0.15) is 13.2 Å². The average molecular weight is 499 g/mol. The van der Waals surface area contributed by atoms with Crippen molar-refractivity contribution in [1.29, 1.82) is 0 Å². The minimum Gasteiger partial charge on any atom is -0.497 e. The molecule has 0 fully saturated rings. The first-order valence-electron chi connectivity index (χ1n) is 11.2. The minimum atomic E-state index is -4.29. The number of halogens is 3. The van der Waals surface area contributed by atoms with Gasteiger partial charge in [-0.25, -0.2) is 4.98 Å². The van der Waals surface area contributed by atoms with Gasteiger partial charge in [0.25, 0.3) is 5.91 Å². The Labute approximate surface area is 205 Å². The van der Waals surface area contributed by atoms with E-state index in [0.717, 1.165) is 11.3 Å². The van der Waals surface area contributed by atoms with Gasteiger partial charge in [-0.3, -0.25) is 9.36 Å². The maximum Gasteiger partial charge on any atom is 0.390 e. The molecule has 0 aliphatic heterocycles. The van der Waals surface area contributed by atoms with Crippen LogP contribution in [-0.2, 0) is 0 Å². The lowest BCUT2D eigenvalue weighted by molar-refractivity contribution is -0.131. The molecule has 0 aliphatic rings. The highest BCUT2D eigenvalue weighted by atomic mass is 19.4. The molecule has 36 heavy (non-hydrogen) atoms. The third-order valence-corrected chi connectivity index (χ3v) is 5.59. The first-order chi connectivity index (χ1) is 17.2. The fourth-order valence-corrected chi connectivity index (χ4v) is 3.82. The van der Waals surface area contributed by atoms with E-state index in [0.29, 0.717) is 39.5 Å². The van der Waals surface area contributed by atoms with Gasteiger partial charge in [0.05, 0.1) is 24.7 Å². The van der Waals surface area contributed by atoms with Crippen molar-refractivity contribution in [2.75, 3.05) is 26.0 Å². The fourth-order valence-electron chi connectivity index (χ4n) is 3.82. The summed E-state index contributed by atoms with van der Waals surface area (Å²) in [5.41, 5.74) is 3.57. The number of ether oxygens (including phenoxy) is 2. The van der Waals surface area contributed by atoms with Gasteiger partial charge in [-0.05, 0) is 42.8 Å². The van der Waals surface area contributed by atoms with Crippen LogP contribution < -0.4 is 20.1 Å². The highest BCUT2D eigenvalue weighted by molar-refractivity contribution is 5.96. The second-order valence-corrected chi connectivity index (χ2v) is 8.10. The molecule has 0 aliphatic carbocycles. The lowest BCUT2D eigenvalue weighted by Gasteiger charge is -2.14. The number of methoxy groups -OCH3 is 1. The van der Waals surface area contributed by atoms with Crippen molar-refractivity contribution in [3.63, 3.8) is 0 Å². The van der Waals surface area contributed by atoms with Crippen molar-refractivity contribution in [3.05, 3.63) is 72.1 Å². The average Bonchev–Trinajstić information content (AvgIpc) is 3.27. The highest BCUT2D eigenvalue weighted by Crippen LogP contribution is 2.34. The standard InChI is InChI=1S/C26H25F3N4O3/c1-16-11-17(7-8-21(16)25(34)30-2)33-15-32-24-22(31-10-9-26(27,28)29)13-20(14-23(24)33)36-19-6-4-5-18(12-19)35-3/h4-8,11-15,31H,9-10H2,1-3H3,(H,30,34). The Balaban J connectivity index is 1.77. The molecule has 0 spiro atoms. The van der Waals surface area contributed by atoms with E-state index < -0.39 is 12.6 Å². The van der Waals surface area contributed by atoms with Crippen LogP contribution in [0.1, 0.15) is 22.3 Å². The van der Waals surface area contributed by atoms with Gasteiger partial charge in [0.1, 0.15) is 29.1 Å². The Kier molecular flexibility index (Phi) is 7.05. The third-order valence-electron chi connectivity index (χ3n) is 5.59. The van der Waals surface area contributed by atoms with E-state index in [1.165, 1.54) is 0 Å². The van der Waals surface area contributed by atoms with Crippen LogP contribution in [0.5, 0.6) is 17.2 Å². The minimum absolute atomic E-state index is 0.195. The van der Waals surface area contributed by atoms with Gasteiger partial charge >= 0.3 is 6.18 Å². The molecule has 1 amide bonds. The number of hydrogen-bond acceptors (Lipinski definition) is 5. The summed E-state index contributed by atoms with van der Waals surface area (Å²) in [5.74, 6) is 1.32. The molecule has 0 bridgehead atoms. The molecule has 188 valence electrons. The maximum atomic E-state index is 12.8. The Morgan fingerprint density at radius 1 is 1.06 bits per heavy atom. The molecular weight excluding hydrogens is 473 g/mol. The Hall–Kier alpha value is -4.21. The molecule has 10 heteroatoms. The number of hydrogen-bond donors (Lipinski definition) is 2. The monoisotopic (exact) mass is 498 g/mol. The van der Waals surface area contributed by atoms with Crippen molar-refractivity contribution >= 4 is 22.6 Å². The van der Waals surface area contributed by atoms with E-state index in [4.69, 9.17) is 9.47 Å². The van der Waals surface area contributed by atoms with Gasteiger partial charge in [-0.1, -0.05) is 6.07 Å². The molecule has 0 radical (unpaired) electrons. The second kappa shape index (κ2) is 10.2. The summed E-state index contributed by atoms with van der Waals surface area (Å²) in [5, 5.41) is 5.46. The predicted molar refractivity (Wildman–Crippen MR) is 131 cm³/mol. The Bertz CT molecular complexity index is 1400. The van der Waals surface area contributed by atoms with E-state index in [-0.39, 0.29) is 12.5 Å². The number of anilines is 1. The van der Waals surface area contributed by atoms with Crippen molar-refractivity contribution in [3.8, 4) is 22.9 Å². The zero-order valence-corrected chi connectivity index (χ0v) is 19.9. The molecule has 4 rings (SSSR count). The molecule has 3 aromatic carbocycles. The van der Waals surface area contributed by atoms with Crippen LogP contribution in [0.2, 0.25) is 0 Å². The second-order valence-electron chi connectivity index (χ2n) is 8.10. The molecule has 0 saturated carbocycles. The molecular formula is C26H25F3N4O3. The van der Waals surface area contributed by atoms with Crippen LogP contribution in [0.4, 0.5) is 18.9 Å². The summed E-state index contributed by atoms with van der Waals surface area (Å²) in [6.45, 7) is 1.52. The summed E-state index contributed by atoms with van der Waals surface area (Å²) in [6, 6.07) is 15.7. The number of alkyl halides is 3. The number of rotatable bonds is 8. The fraction of sp³-hybridized carbons (Fsp3) is 0.231. The number of benzene rings is 3. The molecule has 0 atom stereocenters. The predicted octanol–water partition coefficient (Wildman–Crippen LogP) is 5.86. The Morgan fingerprint density at radius 3 is 2.53 bits per heavy atom. The zero-order chi connectivity index (χ0) is 25.9. The van der Waals surface area contributed by atoms with Crippen molar-refractivity contribution in [2.45, 2.75) is 19.5 Å². The van der Waals surface area contributed by atoms with E-state index in [1.807, 2.05) is 13.0 Å². The summed E-state index contributed by atoms with van der Waals surface area (Å²) < 4.78 is 51.4. The smallest absolute Gasteiger partial charge is 0.390 e. The van der Waals surface area contributed by atoms with Gasteiger partial charge in [-0.15, -0.1) is 0 Å². The van der Waals surface area contributed by atoms with Crippen molar-refractivity contribution in [1.82, 2.24) is 14.9 Å². The summed E-state index contributed by atoms with van der Waals surface area (Å²) in [6.07, 6.45) is -3.69. The third kappa shape index (κ3) is 5.54. The van der Waals surface area contributed by atoms with Crippen LogP contribution >= 0.6 is 0 Å². The molecule has 1 aromatic heterocycles. The van der Waals surface area contributed by atoms with Crippen molar-refractivity contribution in [2.24, 2.45) is 0 Å². The largest absolute Gasteiger partial charge is 0.497 e. The maximum absolute atomic E-state index is 12.8. The van der Waals surface area contributed by atoms with E-state index >= 15 is 0 Å². The number of carbonyl (C=O) groups excluding carboxylic acids is 1. The van der Waals surface area contributed by atoms with Crippen molar-refractivity contribution < 1.29 is 27.4 Å². The summed E-state index contributed by atoms with van der Waals surface area (Å²) in [4.78, 5) is 16.5. The van der Waals surface area contributed by atoms with Gasteiger partial charge < -0.3 is 20.1 Å². The Morgan fingerprint density at radius 2 is 1.83 bits per heavy atom. The van der Waals surface area contributed by atoms with Gasteiger partial charge in [0.2, 0.25) is 0 Å². The molecule has 0 saturated heterocycles. The van der Waals surface area contributed by atoms with Gasteiger partial charge in [0, 0.05) is 43.0 Å². The number of imidazole rings is 1. The molecule has 1 heterocycles. The number of nitrogens with zero attached hydrogens (tertiary/aromatic N) is 2. The number of fused-ring (bicyclic) bond motifs is 1. The first-order valence-corrected chi connectivity index (χ1v) is 11.2. The first kappa shape index (κ1) is 24.9. The topological polar surface area (TPSA) is 77.4 Å². The van der Waals surface area contributed by atoms with Crippen LogP contribution in [0.15, 0.2) is 60.9 Å². The van der Waals surface area contributed by atoms with Crippen LogP contribution in [0, 0.1) is 6.92 Å². The number of nitrogens with one attached hydrogen (secondary N) is 2. The normalized spacial score (nSPS) is 11.4. The molecule has 2 N–H and O–H groups in total. The number of amides is 1. The van der Waals surface area contributed by atoms with Crippen LogP contribution in [0.3, 0.4) is 0 Å². The lowest BCUT2D eigenvalue weighted by atomic mass is 10.1. The van der Waals surface area contributed by atoms with E-state index in [9.17, 15) is 18.0 Å². The SMILES string of the molecule is CNC(=O)c1ccc(-n2cnc3c(NCCC(F)(F)F)cc(Oc4cccc(OC)c4)cc32)cc1C. The van der Waals surface area contributed by atoms with E-state index in [1.54, 1.807) is 73.6 Å².